The van der Waals surface area contributed by atoms with E-state index < -0.39 is 0 Å². The summed E-state index contributed by atoms with van der Waals surface area (Å²) in [4.78, 5) is 14.0. The van der Waals surface area contributed by atoms with Crippen LogP contribution in [-0.2, 0) is 4.79 Å². The van der Waals surface area contributed by atoms with Gasteiger partial charge < -0.3 is 0 Å². The zero-order chi connectivity index (χ0) is 19.6. The highest BCUT2D eigenvalue weighted by Crippen LogP contribution is 2.58. The van der Waals surface area contributed by atoms with E-state index in [4.69, 9.17) is 0 Å². The molecule has 0 amide bonds. The van der Waals surface area contributed by atoms with Crippen LogP contribution in [0.4, 0.5) is 0 Å². The Bertz CT molecular complexity index is 1330. The lowest BCUT2D eigenvalue weighted by atomic mass is 9.73. The number of hydrogen-bond acceptors (Lipinski definition) is 1. The van der Waals surface area contributed by atoms with Crippen LogP contribution in [0.2, 0.25) is 0 Å². The number of allylic oxidation sites excluding steroid dienone is 8. The highest BCUT2D eigenvalue weighted by molar-refractivity contribution is 6.51. The minimum Gasteiger partial charge on any atom is -0.289 e. The molecule has 1 heteroatoms. The van der Waals surface area contributed by atoms with Crippen LogP contribution in [0.25, 0.3) is 27.5 Å². The Morgan fingerprint density at radius 1 is 0.759 bits per heavy atom. The number of fused-ring (bicyclic) bond motifs is 3. The fourth-order valence-corrected chi connectivity index (χ4v) is 5.24. The van der Waals surface area contributed by atoms with Crippen LogP contribution in [0.15, 0.2) is 96.6 Å². The summed E-state index contributed by atoms with van der Waals surface area (Å²) in [7, 11) is 0. The maximum Gasteiger partial charge on any atom is 0.191 e. The predicted molar refractivity (Wildman–Crippen MR) is 120 cm³/mol. The molecule has 0 saturated heterocycles. The highest BCUT2D eigenvalue weighted by atomic mass is 16.1. The molecule has 3 aliphatic carbocycles. The lowest BCUT2D eigenvalue weighted by Gasteiger charge is -2.29. The van der Waals surface area contributed by atoms with Crippen molar-refractivity contribution in [2.45, 2.75) is 13.3 Å². The van der Waals surface area contributed by atoms with Crippen LogP contribution < -0.4 is 0 Å². The SMILES string of the molecule is CC1(C2=C3C(=C(c4ccccc4)C2=O)c2cccc4cccc3c24)C=CC=CC1. The first-order valence-corrected chi connectivity index (χ1v) is 10.2. The van der Waals surface area contributed by atoms with Gasteiger partial charge in [0.1, 0.15) is 0 Å². The van der Waals surface area contributed by atoms with Crippen molar-refractivity contribution >= 4 is 33.3 Å². The maximum absolute atomic E-state index is 14.0. The molecule has 0 N–H and O–H groups in total. The van der Waals surface area contributed by atoms with Crippen LogP contribution >= 0.6 is 0 Å². The standard InChI is InChI=1S/C28H20O/c1-28(16-6-3-7-17-28)26-25-21-15-9-13-18-12-8-14-20(22(18)21)24(25)23(27(26)29)19-10-4-2-5-11-19/h2-16H,17H2,1H3. The largest absolute Gasteiger partial charge is 0.289 e. The Balaban J connectivity index is 1.74. The van der Waals surface area contributed by atoms with Crippen molar-refractivity contribution in [2.75, 3.05) is 0 Å². The average molecular weight is 372 g/mol. The number of hydrogen-bond donors (Lipinski definition) is 0. The minimum absolute atomic E-state index is 0.176. The number of ketones is 1. The molecule has 29 heavy (non-hydrogen) atoms. The summed E-state index contributed by atoms with van der Waals surface area (Å²) >= 11 is 0. The van der Waals surface area contributed by atoms with E-state index in [9.17, 15) is 4.79 Å². The molecular formula is C28H20O. The van der Waals surface area contributed by atoms with Gasteiger partial charge in [0.15, 0.2) is 5.78 Å². The summed E-state index contributed by atoms with van der Waals surface area (Å²) in [6, 6.07) is 23.1. The molecule has 0 radical (unpaired) electrons. The molecule has 0 saturated carbocycles. The summed E-state index contributed by atoms with van der Waals surface area (Å²) in [5.41, 5.74) is 7.15. The van der Waals surface area contributed by atoms with Crippen LogP contribution in [0.5, 0.6) is 0 Å². The van der Waals surface area contributed by atoms with Gasteiger partial charge >= 0.3 is 0 Å². The molecule has 1 atom stereocenters. The molecule has 1 nitrogen and oxygen atoms in total. The molecule has 0 heterocycles. The van der Waals surface area contributed by atoms with Crippen molar-refractivity contribution in [3.05, 3.63) is 113 Å². The topological polar surface area (TPSA) is 17.1 Å². The first kappa shape index (κ1) is 16.5. The number of benzene rings is 3. The molecule has 1 unspecified atom stereocenters. The van der Waals surface area contributed by atoms with Crippen LogP contribution in [0.3, 0.4) is 0 Å². The minimum atomic E-state index is -0.298. The zero-order valence-electron chi connectivity index (χ0n) is 16.3. The number of carbonyl (C=O) groups is 1. The van der Waals surface area contributed by atoms with E-state index >= 15 is 0 Å². The van der Waals surface area contributed by atoms with Crippen LogP contribution in [0, 0.1) is 5.41 Å². The van der Waals surface area contributed by atoms with Gasteiger partial charge in [0.05, 0.1) is 0 Å². The van der Waals surface area contributed by atoms with Crippen LogP contribution in [0.1, 0.15) is 30.0 Å². The number of Topliss-reactive ketones (excluding diaryl/α,β-unsaturated/α-hetero) is 1. The second kappa shape index (κ2) is 5.78. The monoisotopic (exact) mass is 372 g/mol. The molecular weight excluding hydrogens is 352 g/mol. The normalized spacial score (nSPS) is 22.2. The van der Waals surface area contributed by atoms with E-state index in [2.05, 4.69) is 79.8 Å². The van der Waals surface area contributed by atoms with Gasteiger partial charge in [-0.05, 0) is 39.5 Å². The van der Waals surface area contributed by atoms with Crippen molar-refractivity contribution < 1.29 is 4.79 Å². The molecule has 0 aromatic heterocycles. The Morgan fingerprint density at radius 3 is 2.17 bits per heavy atom. The molecule has 0 bridgehead atoms. The average Bonchev–Trinajstić information content (AvgIpc) is 3.23. The molecule has 3 aromatic carbocycles. The second-order valence-electron chi connectivity index (χ2n) is 8.31. The lowest BCUT2D eigenvalue weighted by molar-refractivity contribution is -0.111. The summed E-state index contributed by atoms with van der Waals surface area (Å²) < 4.78 is 0. The van der Waals surface area contributed by atoms with Crippen molar-refractivity contribution in [1.29, 1.82) is 0 Å². The molecule has 6 rings (SSSR count). The van der Waals surface area contributed by atoms with Crippen LogP contribution in [-0.4, -0.2) is 5.78 Å². The Labute approximate surface area is 170 Å². The highest BCUT2D eigenvalue weighted by Gasteiger charge is 2.45. The maximum atomic E-state index is 14.0. The van der Waals surface area contributed by atoms with E-state index in [-0.39, 0.29) is 11.2 Å². The fraction of sp³-hybridized carbons (Fsp3) is 0.107. The number of rotatable bonds is 2. The van der Waals surface area contributed by atoms with Gasteiger partial charge in [0, 0.05) is 22.1 Å². The van der Waals surface area contributed by atoms with E-state index in [0.717, 1.165) is 34.3 Å². The van der Waals surface area contributed by atoms with Crippen molar-refractivity contribution in [1.82, 2.24) is 0 Å². The van der Waals surface area contributed by atoms with E-state index in [1.165, 1.54) is 21.9 Å². The third kappa shape index (κ3) is 2.13. The zero-order valence-corrected chi connectivity index (χ0v) is 16.3. The number of carbonyl (C=O) groups excluding carboxylic acids is 1. The van der Waals surface area contributed by atoms with Gasteiger partial charge in [-0.2, -0.15) is 0 Å². The smallest absolute Gasteiger partial charge is 0.191 e. The Kier molecular flexibility index (Phi) is 3.29. The summed E-state index contributed by atoms with van der Waals surface area (Å²) in [5.74, 6) is 0.176. The van der Waals surface area contributed by atoms with E-state index in [0.29, 0.717) is 0 Å². The van der Waals surface area contributed by atoms with Gasteiger partial charge in [-0.3, -0.25) is 4.79 Å². The summed E-state index contributed by atoms with van der Waals surface area (Å²) in [6.07, 6.45) is 9.36. The Hall–Kier alpha value is -3.45. The molecule has 3 aliphatic rings. The third-order valence-corrected chi connectivity index (χ3v) is 6.53. The van der Waals surface area contributed by atoms with Gasteiger partial charge in [-0.1, -0.05) is 98.0 Å². The second-order valence-corrected chi connectivity index (χ2v) is 8.31. The third-order valence-electron chi connectivity index (χ3n) is 6.53. The van der Waals surface area contributed by atoms with E-state index in [1.54, 1.807) is 0 Å². The van der Waals surface area contributed by atoms with E-state index in [1.807, 2.05) is 18.2 Å². The molecule has 0 spiro atoms. The molecule has 0 fully saturated rings. The lowest BCUT2D eigenvalue weighted by Crippen LogP contribution is -2.23. The summed E-state index contributed by atoms with van der Waals surface area (Å²) in [6.45, 7) is 2.20. The summed E-state index contributed by atoms with van der Waals surface area (Å²) in [5, 5.41) is 2.51. The predicted octanol–water partition coefficient (Wildman–Crippen LogP) is 6.62. The van der Waals surface area contributed by atoms with Gasteiger partial charge in [0.2, 0.25) is 0 Å². The first-order valence-electron chi connectivity index (χ1n) is 10.2. The van der Waals surface area contributed by atoms with Gasteiger partial charge in [-0.25, -0.2) is 0 Å². The van der Waals surface area contributed by atoms with Crippen molar-refractivity contribution in [2.24, 2.45) is 5.41 Å². The quantitative estimate of drug-likeness (QED) is 0.494. The van der Waals surface area contributed by atoms with Gasteiger partial charge in [0.25, 0.3) is 0 Å². The van der Waals surface area contributed by atoms with Crippen molar-refractivity contribution in [3.8, 4) is 0 Å². The Morgan fingerprint density at radius 2 is 1.48 bits per heavy atom. The molecule has 138 valence electrons. The molecule has 0 aliphatic heterocycles. The van der Waals surface area contributed by atoms with Crippen molar-refractivity contribution in [3.63, 3.8) is 0 Å². The van der Waals surface area contributed by atoms with Gasteiger partial charge in [-0.15, -0.1) is 0 Å². The molecule has 3 aromatic rings. The first-order chi connectivity index (χ1) is 14.2. The fourth-order valence-electron chi connectivity index (χ4n) is 5.24.